The van der Waals surface area contributed by atoms with E-state index in [2.05, 4.69) is 12.6 Å². The van der Waals surface area contributed by atoms with E-state index in [4.69, 9.17) is 0 Å². The molecule has 37 valence electrons. The molecule has 0 aliphatic rings. The molecule has 0 amide bonds. The fraction of sp³-hybridized carbons (Fsp3) is 1.00. The van der Waals surface area contributed by atoms with Crippen molar-refractivity contribution >= 4 is 12.6 Å². The van der Waals surface area contributed by atoms with Gasteiger partial charge in [0.15, 0.2) is 0 Å². The van der Waals surface area contributed by atoms with Crippen LogP contribution in [0.2, 0.25) is 0 Å². The molecule has 0 saturated heterocycles. The summed E-state index contributed by atoms with van der Waals surface area (Å²) >= 11 is 4.15. The van der Waals surface area contributed by atoms with Gasteiger partial charge in [-0.15, -0.1) is 0 Å². The van der Waals surface area contributed by atoms with Crippen molar-refractivity contribution in [2.24, 2.45) is 0 Å². The van der Waals surface area contributed by atoms with E-state index in [1.54, 1.807) is 0 Å². The molecule has 3 heteroatoms. The highest BCUT2D eigenvalue weighted by atomic mass is 32.1. The molecule has 0 aliphatic carbocycles. The lowest BCUT2D eigenvalue weighted by Crippen LogP contribution is -2.03. The molecule has 0 fully saturated rings. The van der Waals surface area contributed by atoms with Crippen LogP contribution in [0.25, 0.3) is 0 Å². The Bertz CT molecular complexity index is 29.8. The Morgan fingerprint density at radius 2 is 1.67 bits per heavy atom. The molecule has 0 N–H and O–H groups in total. The quantitative estimate of drug-likeness (QED) is 0.484. The van der Waals surface area contributed by atoms with Gasteiger partial charge in [0.2, 0.25) is 0 Å². The van der Waals surface area contributed by atoms with Gasteiger partial charge in [-0.25, -0.2) is 8.78 Å². The van der Waals surface area contributed by atoms with Gasteiger partial charge in [-0.05, 0) is 6.92 Å². The summed E-state index contributed by atoms with van der Waals surface area (Å²) in [5.74, 6) is 0. The molecule has 0 rings (SSSR count). The first kappa shape index (κ1) is 6.21. The van der Waals surface area contributed by atoms with E-state index in [1.807, 2.05) is 0 Å². The first-order valence-electron chi connectivity index (χ1n) is 1.58. The fourth-order valence-electron chi connectivity index (χ4n) is 0. The predicted octanol–water partition coefficient (Wildman–Crippen LogP) is 1.84. The Kier molecular flexibility index (Phi) is 2.48. The molecule has 0 bridgehead atoms. The van der Waals surface area contributed by atoms with Crippen molar-refractivity contribution in [3.63, 3.8) is 0 Å². The summed E-state index contributed by atoms with van der Waals surface area (Å²) in [5.41, 5.74) is 0. The van der Waals surface area contributed by atoms with Crippen LogP contribution in [0, 0.1) is 0 Å². The van der Waals surface area contributed by atoms with Crippen LogP contribution in [0.4, 0.5) is 8.78 Å². The normalized spacial score (nSPS) is 15.5. The smallest absolute Gasteiger partial charge is 0.209 e. The van der Waals surface area contributed by atoms with Gasteiger partial charge in [-0.3, -0.25) is 0 Å². The van der Waals surface area contributed by atoms with E-state index in [0.717, 1.165) is 0 Å². The molecule has 0 spiro atoms. The molecule has 0 heterocycles. The molecule has 1 radical (unpaired) electrons. The SMILES string of the molecule is CC([S])C(F)F. The number of hydrogen-bond acceptors (Lipinski definition) is 0. The van der Waals surface area contributed by atoms with Crippen LogP contribution in [0.3, 0.4) is 0 Å². The van der Waals surface area contributed by atoms with Crippen LogP contribution in [0.1, 0.15) is 6.92 Å². The first-order chi connectivity index (χ1) is 2.64. The molecule has 0 aliphatic heterocycles. The van der Waals surface area contributed by atoms with Gasteiger partial charge >= 0.3 is 0 Å². The van der Waals surface area contributed by atoms with Crippen molar-refractivity contribution < 1.29 is 8.78 Å². The van der Waals surface area contributed by atoms with Gasteiger partial charge in [0, 0.05) is 0 Å². The van der Waals surface area contributed by atoms with Crippen LogP contribution in [-0.4, -0.2) is 11.7 Å². The van der Waals surface area contributed by atoms with Crippen LogP contribution in [-0.2, 0) is 0 Å². The summed E-state index contributed by atoms with van der Waals surface area (Å²) < 4.78 is 22.1. The molecule has 0 aromatic rings. The van der Waals surface area contributed by atoms with Crippen LogP contribution >= 0.6 is 12.6 Å². The summed E-state index contributed by atoms with van der Waals surface area (Å²) in [7, 11) is 0. The largest absolute Gasteiger partial charge is 0.250 e. The predicted molar refractivity (Wildman–Crippen MR) is 23.1 cm³/mol. The van der Waals surface area contributed by atoms with Gasteiger partial charge in [-0.2, -0.15) is 0 Å². The molecule has 0 aromatic carbocycles. The minimum atomic E-state index is -2.33. The monoisotopic (exact) mass is 111 g/mol. The van der Waals surface area contributed by atoms with Crippen LogP contribution < -0.4 is 0 Å². The van der Waals surface area contributed by atoms with Gasteiger partial charge in [-0.1, -0.05) is 12.6 Å². The number of hydrogen-bond donors (Lipinski definition) is 0. The molecular formula is C3H5F2S. The van der Waals surface area contributed by atoms with Crippen LogP contribution in [0.5, 0.6) is 0 Å². The second kappa shape index (κ2) is 2.39. The Morgan fingerprint density at radius 1 is 1.50 bits per heavy atom. The van der Waals surface area contributed by atoms with Gasteiger partial charge in [0.1, 0.15) is 0 Å². The molecule has 1 unspecified atom stereocenters. The zero-order valence-electron chi connectivity index (χ0n) is 3.32. The summed E-state index contributed by atoms with van der Waals surface area (Å²) in [6, 6.07) is 0. The third-order valence-electron chi connectivity index (χ3n) is 0.355. The standard InChI is InChI=1S/C3H5F2S/c1-2(6)3(4)5/h2-3H,1H3. The maximum absolute atomic E-state index is 11.1. The van der Waals surface area contributed by atoms with Crippen molar-refractivity contribution in [3.8, 4) is 0 Å². The molecular weight excluding hydrogens is 106 g/mol. The Morgan fingerprint density at radius 3 is 1.67 bits per heavy atom. The van der Waals surface area contributed by atoms with Gasteiger partial charge in [0.05, 0.1) is 5.25 Å². The Hall–Kier alpha value is 0.210. The van der Waals surface area contributed by atoms with E-state index in [1.165, 1.54) is 6.92 Å². The third-order valence-corrected chi connectivity index (χ3v) is 0.561. The Labute approximate surface area is 41.0 Å². The number of halogens is 2. The molecule has 0 aromatic heterocycles. The summed E-state index contributed by atoms with van der Waals surface area (Å²) in [6.07, 6.45) is -2.33. The van der Waals surface area contributed by atoms with Crippen molar-refractivity contribution in [1.82, 2.24) is 0 Å². The van der Waals surface area contributed by atoms with E-state index in [-0.39, 0.29) is 0 Å². The van der Waals surface area contributed by atoms with Gasteiger partial charge < -0.3 is 0 Å². The van der Waals surface area contributed by atoms with Gasteiger partial charge in [0.25, 0.3) is 6.43 Å². The van der Waals surface area contributed by atoms with Crippen molar-refractivity contribution in [2.45, 2.75) is 18.6 Å². The highest BCUT2D eigenvalue weighted by Gasteiger charge is 2.07. The minimum absolute atomic E-state index is 0.898. The summed E-state index contributed by atoms with van der Waals surface area (Å²) in [4.78, 5) is 0. The lowest BCUT2D eigenvalue weighted by atomic mass is 10.5. The number of alkyl halides is 2. The van der Waals surface area contributed by atoms with E-state index < -0.39 is 11.7 Å². The second-order valence-corrected chi connectivity index (χ2v) is 1.78. The van der Waals surface area contributed by atoms with E-state index >= 15 is 0 Å². The van der Waals surface area contributed by atoms with Crippen molar-refractivity contribution in [3.05, 3.63) is 0 Å². The molecule has 0 saturated carbocycles. The topological polar surface area (TPSA) is 0 Å². The van der Waals surface area contributed by atoms with E-state index in [9.17, 15) is 8.78 Å². The fourth-order valence-corrected chi connectivity index (χ4v) is 0. The van der Waals surface area contributed by atoms with Crippen molar-refractivity contribution in [1.29, 1.82) is 0 Å². The molecule has 6 heavy (non-hydrogen) atoms. The van der Waals surface area contributed by atoms with Crippen LogP contribution in [0.15, 0.2) is 0 Å². The summed E-state index contributed by atoms with van der Waals surface area (Å²) in [5, 5.41) is -0.898. The zero-order valence-corrected chi connectivity index (χ0v) is 4.14. The highest BCUT2D eigenvalue weighted by molar-refractivity contribution is 7.81. The average molecular weight is 111 g/mol. The zero-order chi connectivity index (χ0) is 5.15. The molecule has 0 nitrogen and oxygen atoms in total. The molecule has 1 atom stereocenters. The first-order valence-corrected chi connectivity index (χ1v) is 2.05. The summed E-state index contributed by atoms with van der Waals surface area (Å²) in [6.45, 7) is 1.31. The maximum Gasteiger partial charge on any atom is 0.250 e. The second-order valence-electron chi connectivity index (χ2n) is 1.04. The minimum Gasteiger partial charge on any atom is -0.209 e. The Balaban J connectivity index is 2.99. The van der Waals surface area contributed by atoms with E-state index in [0.29, 0.717) is 0 Å². The highest BCUT2D eigenvalue weighted by Crippen LogP contribution is 2.04. The lowest BCUT2D eigenvalue weighted by molar-refractivity contribution is 0.151. The average Bonchev–Trinajstić information content (AvgIpc) is 1.36. The van der Waals surface area contributed by atoms with Crippen molar-refractivity contribution in [2.75, 3.05) is 0 Å². The third kappa shape index (κ3) is 2.45. The number of rotatable bonds is 1. The lowest BCUT2D eigenvalue weighted by Gasteiger charge is -1.95. The maximum atomic E-state index is 11.1.